The van der Waals surface area contributed by atoms with E-state index in [0.717, 1.165) is 26.2 Å². The van der Waals surface area contributed by atoms with Crippen molar-refractivity contribution in [1.82, 2.24) is 4.90 Å². The summed E-state index contributed by atoms with van der Waals surface area (Å²) in [6, 6.07) is 6.42. The van der Waals surface area contributed by atoms with Gasteiger partial charge in [-0.1, -0.05) is 26.0 Å². The summed E-state index contributed by atoms with van der Waals surface area (Å²) in [6.45, 7) is 14.2. The molecule has 1 aromatic rings. The standard InChI is InChI=1S/C21H33N3O2.2ClH/c1-6-26-18-14-21(22,20(18,4)5)19(25)24-12-10-23(11-13-24)17-9-7-8-15(2)16(17)3;;/h7-9,18H,6,10-14,22H2,1-5H3;2*1H. The van der Waals surface area contributed by atoms with Gasteiger partial charge in [-0.2, -0.15) is 0 Å². The molecule has 1 saturated heterocycles. The van der Waals surface area contributed by atoms with Crippen LogP contribution in [0.4, 0.5) is 5.69 Å². The van der Waals surface area contributed by atoms with Gasteiger partial charge in [0.15, 0.2) is 0 Å². The summed E-state index contributed by atoms with van der Waals surface area (Å²) in [5, 5.41) is 0. The molecule has 1 aromatic carbocycles. The second-order valence-electron chi connectivity index (χ2n) is 8.34. The summed E-state index contributed by atoms with van der Waals surface area (Å²) >= 11 is 0. The minimum Gasteiger partial charge on any atom is -0.378 e. The van der Waals surface area contributed by atoms with E-state index < -0.39 is 5.54 Å². The Morgan fingerprint density at radius 1 is 1.18 bits per heavy atom. The van der Waals surface area contributed by atoms with E-state index >= 15 is 0 Å². The molecule has 7 heteroatoms. The van der Waals surface area contributed by atoms with Gasteiger partial charge in [0.05, 0.1) is 6.10 Å². The van der Waals surface area contributed by atoms with E-state index in [-0.39, 0.29) is 42.2 Å². The third-order valence-electron chi connectivity index (χ3n) is 6.70. The van der Waals surface area contributed by atoms with Crippen LogP contribution in [0.3, 0.4) is 0 Å². The van der Waals surface area contributed by atoms with Gasteiger partial charge in [0.25, 0.3) is 0 Å². The van der Waals surface area contributed by atoms with E-state index in [1.54, 1.807) is 0 Å². The Bertz CT molecular complexity index is 690. The number of benzene rings is 1. The quantitative estimate of drug-likeness (QED) is 0.793. The Morgan fingerprint density at radius 2 is 1.79 bits per heavy atom. The van der Waals surface area contributed by atoms with Crippen LogP contribution in [0.5, 0.6) is 0 Å². The fourth-order valence-electron chi connectivity index (χ4n) is 4.31. The fourth-order valence-corrected chi connectivity index (χ4v) is 4.31. The second kappa shape index (κ2) is 9.21. The predicted octanol–water partition coefficient (Wildman–Crippen LogP) is 3.33. The van der Waals surface area contributed by atoms with Gasteiger partial charge in [-0.05, 0) is 38.0 Å². The normalized spacial score (nSPS) is 26.0. The number of carbonyl (C=O) groups is 1. The zero-order valence-electron chi connectivity index (χ0n) is 17.7. The van der Waals surface area contributed by atoms with Crippen molar-refractivity contribution in [3.8, 4) is 0 Å². The molecule has 2 unspecified atom stereocenters. The van der Waals surface area contributed by atoms with Crippen LogP contribution in [0.2, 0.25) is 0 Å². The average Bonchev–Trinajstić information content (AvgIpc) is 2.63. The molecule has 2 fully saturated rings. The lowest BCUT2D eigenvalue weighted by molar-refractivity contribution is -0.179. The summed E-state index contributed by atoms with van der Waals surface area (Å²) in [4.78, 5) is 17.5. The predicted molar refractivity (Wildman–Crippen MR) is 120 cm³/mol. The van der Waals surface area contributed by atoms with Crippen molar-refractivity contribution in [3.05, 3.63) is 29.3 Å². The van der Waals surface area contributed by atoms with Crippen molar-refractivity contribution in [1.29, 1.82) is 0 Å². The molecular weight excluding hydrogens is 397 g/mol. The Balaban J connectivity index is 0.00000196. The van der Waals surface area contributed by atoms with Crippen molar-refractivity contribution >= 4 is 36.4 Å². The number of rotatable bonds is 4. The molecule has 1 aliphatic carbocycles. The number of hydrogen-bond acceptors (Lipinski definition) is 4. The lowest BCUT2D eigenvalue weighted by Crippen LogP contribution is -2.76. The molecule has 2 N–H and O–H groups in total. The maximum absolute atomic E-state index is 13.2. The first kappa shape index (κ1) is 25.0. The Morgan fingerprint density at radius 3 is 2.32 bits per heavy atom. The molecule has 0 spiro atoms. The molecule has 5 nitrogen and oxygen atoms in total. The first-order valence-corrected chi connectivity index (χ1v) is 9.73. The van der Waals surface area contributed by atoms with Gasteiger partial charge in [-0.3, -0.25) is 4.79 Å². The second-order valence-corrected chi connectivity index (χ2v) is 8.34. The average molecular weight is 432 g/mol. The summed E-state index contributed by atoms with van der Waals surface area (Å²) in [5.74, 6) is 0.0825. The number of piperazine rings is 1. The molecule has 1 saturated carbocycles. The van der Waals surface area contributed by atoms with Crippen LogP contribution in [-0.2, 0) is 9.53 Å². The Labute approximate surface area is 181 Å². The van der Waals surface area contributed by atoms with Gasteiger partial charge < -0.3 is 20.3 Å². The summed E-state index contributed by atoms with van der Waals surface area (Å²) < 4.78 is 5.77. The SMILES string of the molecule is CCOC1CC(N)(C(=O)N2CCN(c3cccc(C)c3C)CC2)C1(C)C.Cl.Cl. The molecular formula is C21H35Cl2N3O2. The summed E-state index contributed by atoms with van der Waals surface area (Å²) in [6.07, 6.45) is 0.682. The number of carbonyl (C=O) groups excluding carboxylic acids is 1. The Kier molecular flexibility index (Phi) is 8.23. The van der Waals surface area contributed by atoms with Gasteiger partial charge >= 0.3 is 0 Å². The van der Waals surface area contributed by atoms with Crippen molar-refractivity contribution in [2.45, 2.75) is 52.7 Å². The molecule has 160 valence electrons. The van der Waals surface area contributed by atoms with Crippen LogP contribution >= 0.6 is 24.8 Å². The van der Waals surface area contributed by atoms with Crippen LogP contribution in [0.15, 0.2) is 18.2 Å². The van der Waals surface area contributed by atoms with Crippen molar-refractivity contribution < 1.29 is 9.53 Å². The number of anilines is 1. The van der Waals surface area contributed by atoms with Crippen LogP contribution in [0, 0.1) is 19.3 Å². The lowest BCUT2D eigenvalue weighted by Gasteiger charge is -2.59. The van der Waals surface area contributed by atoms with E-state index in [9.17, 15) is 4.79 Å². The lowest BCUT2D eigenvalue weighted by atomic mass is 9.54. The number of halogens is 2. The van der Waals surface area contributed by atoms with Crippen LogP contribution in [-0.4, -0.2) is 55.2 Å². The fraction of sp³-hybridized carbons (Fsp3) is 0.667. The number of amides is 1. The molecule has 0 aromatic heterocycles. The monoisotopic (exact) mass is 431 g/mol. The van der Waals surface area contributed by atoms with Gasteiger partial charge in [0.2, 0.25) is 5.91 Å². The molecule has 2 atom stereocenters. The molecule has 3 rings (SSSR count). The van der Waals surface area contributed by atoms with Gasteiger partial charge in [-0.15, -0.1) is 24.8 Å². The maximum atomic E-state index is 13.2. The first-order chi connectivity index (χ1) is 12.2. The largest absolute Gasteiger partial charge is 0.378 e. The van der Waals surface area contributed by atoms with E-state index in [1.165, 1.54) is 16.8 Å². The number of aryl methyl sites for hydroxylation is 1. The van der Waals surface area contributed by atoms with Crippen molar-refractivity contribution in [2.75, 3.05) is 37.7 Å². The van der Waals surface area contributed by atoms with Gasteiger partial charge in [0.1, 0.15) is 5.54 Å². The Hall–Kier alpha value is -1.01. The number of ether oxygens (including phenoxy) is 1. The summed E-state index contributed by atoms with van der Waals surface area (Å²) in [5.41, 5.74) is 9.35. The van der Waals surface area contributed by atoms with Crippen molar-refractivity contribution in [2.24, 2.45) is 11.1 Å². The van der Waals surface area contributed by atoms with E-state index in [4.69, 9.17) is 10.5 Å². The molecule has 1 heterocycles. The molecule has 0 radical (unpaired) electrons. The zero-order chi connectivity index (χ0) is 19.1. The molecule has 1 amide bonds. The molecule has 0 bridgehead atoms. The van der Waals surface area contributed by atoms with E-state index in [1.807, 2.05) is 11.8 Å². The van der Waals surface area contributed by atoms with Crippen molar-refractivity contribution in [3.63, 3.8) is 0 Å². The van der Waals surface area contributed by atoms with Gasteiger partial charge in [-0.25, -0.2) is 0 Å². The van der Waals surface area contributed by atoms with E-state index in [0.29, 0.717) is 13.0 Å². The molecule has 1 aliphatic heterocycles. The smallest absolute Gasteiger partial charge is 0.243 e. The van der Waals surface area contributed by atoms with Crippen LogP contribution in [0.1, 0.15) is 38.3 Å². The topological polar surface area (TPSA) is 58.8 Å². The highest BCUT2D eigenvalue weighted by molar-refractivity contribution is 5.89. The zero-order valence-corrected chi connectivity index (χ0v) is 19.3. The highest BCUT2D eigenvalue weighted by Gasteiger charge is 2.63. The number of nitrogens with zero attached hydrogens (tertiary/aromatic N) is 2. The highest BCUT2D eigenvalue weighted by atomic mass is 35.5. The highest BCUT2D eigenvalue weighted by Crippen LogP contribution is 2.50. The maximum Gasteiger partial charge on any atom is 0.243 e. The van der Waals surface area contributed by atoms with Crippen LogP contribution in [0.25, 0.3) is 0 Å². The third kappa shape index (κ3) is 4.00. The minimum absolute atomic E-state index is 0. The minimum atomic E-state index is -0.811. The number of nitrogens with two attached hydrogens (primary N) is 1. The third-order valence-corrected chi connectivity index (χ3v) is 6.70. The number of hydrogen-bond donors (Lipinski definition) is 1. The van der Waals surface area contributed by atoms with E-state index in [2.05, 4.69) is 50.8 Å². The van der Waals surface area contributed by atoms with Crippen LogP contribution < -0.4 is 10.6 Å². The molecule has 2 aliphatic rings. The summed E-state index contributed by atoms with van der Waals surface area (Å²) in [7, 11) is 0. The van der Waals surface area contributed by atoms with Gasteiger partial charge in [0, 0.05) is 50.3 Å². The molecule has 28 heavy (non-hydrogen) atoms. The first-order valence-electron chi connectivity index (χ1n) is 9.73.